The van der Waals surface area contributed by atoms with Gasteiger partial charge in [0.05, 0.1) is 12.8 Å². The monoisotopic (exact) mass is 237 g/mol. The minimum absolute atomic E-state index is 0.579. The highest BCUT2D eigenvalue weighted by Crippen LogP contribution is 2.36. The van der Waals surface area contributed by atoms with E-state index in [1.54, 1.807) is 6.26 Å². The Morgan fingerprint density at radius 1 is 1.53 bits per heavy atom. The maximum Gasteiger partial charge on any atom is 0.324 e. The zero-order valence-corrected chi connectivity index (χ0v) is 10.2. The number of carbonyl (C=O) groups is 1. The van der Waals surface area contributed by atoms with Gasteiger partial charge in [0.1, 0.15) is 11.3 Å². The summed E-state index contributed by atoms with van der Waals surface area (Å²) in [6, 6.07) is 3.73. The molecule has 0 bridgehead atoms. The van der Waals surface area contributed by atoms with Crippen molar-refractivity contribution in [3.63, 3.8) is 0 Å². The van der Waals surface area contributed by atoms with E-state index in [0.29, 0.717) is 6.54 Å². The molecular weight excluding hydrogens is 218 g/mol. The second-order valence-corrected chi connectivity index (χ2v) is 4.64. The number of nitrogens with zero attached hydrogens (tertiary/aromatic N) is 1. The van der Waals surface area contributed by atoms with Crippen LogP contribution in [0.2, 0.25) is 0 Å². The zero-order valence-electron chi connectivity index (χ0n) is 10.2. The first kappa shape index (κ1) is 12.2. The van der Waals surface area contributed by atoms with Crippen molar-refractivity contribution in [2.45, 2.75) is 44.7 Å². The number of furan rings is 1. The molecule has 4 heteroatoms. The van der Waals surface area contributed by atoms with E-state index in [-0.39, 0.29) is 0 Å². The Morgan fingerprint density at radius 2 is 2.24 bits per heavy atom. The van der Waals surface area contributed by atoms with E-state index in [1.165, 1.54) is 0 Å². The molecule has 1 fully saturated rings. The molecule has 1 N–H and O–H groups in total. The quantitative estimate of drug-likeness (QED) is 0.854. The third-order valence-electron chi connectivity index (χ3n) is 3.74. The molecule has 1 aliphatic carbocycles. The largest absolute Gasteiger partial charge is 0.480 e. The van der Waals surface area contributed by atoms with Crippen molar-refractivity contribution in [3.8, 4) is 0 Å². The maximum atomic E-state index is 11.6. The summed E-state index contributed by atoms with van der Waals surface area (Å²) >= 11 is 0. The molecule has 1 aliphatic rings. The molecule has 0 atom stereocenters. The van der Waals surface area contributed by atoms with Crippen LogP contribution in [0.4, 0.5) is 0 Å². The van der Waals surface area contributed by atoms with Gasteiger partial charge in [0.2, 0.25) is 0 Å². The molecule has 0 saturated heterocycles. The van der Waals surface area contributed by atoms with Crippen molar-refractivity contribution in [3.05, 3.63) is 24.2 Å². The normalized spacial score (nSPS) is 18.7. The van der Waals surface area contributed by atoms with Crippen LogP contribution in [0, 0.1) is 0 Å². The molecule has 0 aromatic carbocycles. The molecule has 4 nitrogen and oxygen atoms in total. The molecule has 1 heterocycles. The summed E-state index contributed by atoms with van der Waals surface area (Å²) in [5.41, 5.74) is -0.679. The summed E-state index contributed by atoms with van der Waals surface area (Å²) in [7, 11) is 0. The molecular formula is C13H19NO3. The molecule has 17 heavy (non-hydrogen) atoms. The van der Waals surface area contributed by atoms with Gasteiger partial charge in [-0.1, -0.05) is 19.8 Å². The highest BCUT2D eigenvalue weighted by atomic mass is 16.4. The third kappa shape index (κ3) is 2.22. The Balaban J connectivity index is 2.18. The van der Waals surface area contributed by atoms with Crippen LogP contribution >= 0.6 is 0 Å². The molecule has 0 amide bonds. The molecule has 0 spiro atoms. The van der Waals surface area contributed by atoms with Gasteiger partial charge in [-0.05, 0) is 31.5 Å². The van der Waals surface area contributed by atoms with Crippen molar-refractivity contribution in [2.75, 3.05) is 6.54 Å². The Labute approximate surface area is 101 Å². The lowest BCUT2D eigenvalue weighted by Gasteiger charge is -2.36. The highest BCUT2D eigenvalue weighted by molar-refractivity contribution is 5.79. The number of likely N-dealkylation sites (N-methyl/N-ethyl adjacent to an activating group) is 1. The molecule has 1 aromatic rings. The average molecular weight is 237 g/mol. The highest BCUT2D eigenvalue weighted by Gasteiger charge is 2.45. The Kier molecular flexibility index (Phi) is 3.52. The van der Waals surface area contributed by atoms with Gasteiger partial charge in [-0.25, -0.2) is 0 Å². The molecule has 0 radical (unpaired) electrons. The van der Waals surface area contributed by atoms with Gasteiger partial charge in [0.25, 0.3) is 0 Å². The van der Waals surface area contributed by atoms with E-state index in [4.69, 9.17) is 4.42 Å². The SMILES string of the molecule is CCN(Cc1ccco1)C1(C(=O)O)CCCC1. The minimum Gasteiger partial charge on any atom is -0.480 e. The number of carboxylic acids is 1. The molecule has 1 aromatic heterocycles. The van der Waals surface area contributed by atoms with Crippen molar-refractivity contribution < 1.29 is 14.3 Å². The summed E-state index contributed by atoms with van der Waals surface area (Å²) in [6.07, 6.45) is 5.13. The minimum atomic E-state index is -0.691. The summed E-state index contributed by atoms with van der Waals surface area (Å²) < 4.78 is 5.32. The van der Waals surface area contributed by atoms with E-state index in [9.17, 15) is 9.90 Å². The van der Waals surface area contributed by atoms with Gasteiger partial charge < -0.3 is 9.52 Å². The fourth-order valence-corrected chi connectivity index (χ4v) is 2.78. The van der Waals surface area contributed by atoms with Crippen LogP contribution in [0.25, 0.3) is 0 Å². The van der Waals surface area contributed by atoms with Gasteiger partial charge in [-0.15, -0.1) is 0 Å². The van der Waals surface area contributed by atoms with Gasteiger partial charge in [0.15, 0.2) is 0 Å². The van der Waals surface area contributed by atoms with E-state index in [0.717, 1.165) is 38.0 Å². The van der Waals surface area contributed by atoms with Crippen LogP contribution in [-0.4, -0.2) is 28.1 Å². The van der Waals surface area contributed by atoms with Gasteiger partial charge in [-0.2, -0.15) is 0 Å². The lowest BCUT2D eigenvalue weighted by Crippen LogP contribution is -2.52. The lowest BCUT2D eigenvalue weighted by molar-refractivity contribution is -0.152. The fraction of sp³-hybridized carbons (Fsp3) is 0.615. The summed E-state index contributed by atoms with van der Waals surface area (Å²) in [5.74, 6) is 0.141. The van der Waals surface area contributed by atoms with Crippen molar-refractivity contribution in [1.29, 1.82) is 0 Å². The van der Waals surface area contributed by atoms with E-state index in [1.807, 2.05) is 24.0 Å². The van der Waals surface area contributed by atoms with Crippen LogP contribution in [-0.2, 0) is 11.3 Å². The van der Waals surface area contributed by atoms with Crippen LogP contribution in [0.1, 0.15) is 38.4 Å². The number of aliphatic carboxylic acids is 1. The van der Waals surface area contributed by atoms with Crippen LogP contribution in [0.3, 0.4) is 0 Å². The topological polar surface area (TPSA) is 53.7 Å². The van der Waals surface area contributed by atoms with Crippen LogP contribution in [0.15, 0.2) is 22.8 Å². The predicted molar refractivity (Wildman–Crippen MR) is 63.6 cm³/mol. The van der Waals surface area contributed by atoms with E-state index in [2.05, 4.69) is 0 Å². The summed E-state index contributed by atoms with van der Waals surface area (Å²) in [4.78, 5) is 13.6. The van der Waals surface area contributed by atoms with Crippen molar-refractivity contribution in [1.82, 2.24) is 4.90 Å². The molecule has 0 unspecified atom stereocenters. The van der Waals surface area contributed by atoms with Crippen molar-refractivity contribution in [2.24, 2.45) is 0 Å². The summed E-state index contributed by atoms with van der Waals surface area (Å²) in [5, 5.41) is 9.52. The number of hydrogen-bond donors (Lipinski definition) is 1. The fourth-order valence-electron chi connectivity index (χ4n) is 2.78. The standard InChI is InChI=1S/C13H19NO3/c1-2-14(10-11-6-5-9-17-11)13(12(15)16)7-3-4-8-13/h5-6,9H,2-4,7-8,10H2,1H3,(H,15,16). The van der Waals surface area contributed by atoms with E-state index >= 15 is 0 Å². The molecule has 1 saturated carbocycles. The third-order valence-corrected chi connectivity index (χ3v) is 3.74. The van der Waals surface area contributed by atoms with Crippen LogP contribution in [0.5, 0.6) is 0 Å². The average Bonchev–Trinajstić information content (AvgIpc) is 2.97. The predicted octanol–water partition coefficient (Wildman–Crippen LogP) is 2.50. The molecule has 2 rings (SSSR count). The molecule has 94 valence electrons. The van der Waals surface area contributed by atoms with Gasteiger partial charge in [0, 0.05) is 0 Å². The first-order valence-electron chi connectivity index (χ1n) is 6.20. The smallest absolute Gasteiger partial charge is 0.324 e. The van der Waals surface area contributed by atoms with Gasteiger partial charge in [-0.3, -0.25) is 9.69 Å². The summed E-state index contributed by atoms with van der Waals surface area (Å²) in [6.45, 7) is 3.31. The Morgan fingerprint density at radius 3 is 2.71 bits per heavy atom. The second kappa shape index (κ2) is 4.92. The molecule has 0 aliphatic heterocycles. The van der Waals surface area contributed by atoms with E-state index < -0.39 is 11.5 Å². The van der Waals surface area contributed by atoms with Crippen molar-refractivity contribution >= 4 is 5.97 Å². The lowest BCUT2D eigenvalue weighted by atomic mass is 9.95. The first-order chi connectivity index (χ1) is 8.19. The second-order valence-electron chi connectivity index (χ2n) is 4.64. The number of rotatable bonds is 5. The first-order valence-corrected chi connectivity index (χ1v) is 6.20. The number of carboxylic acid groups (broad SMARTS) is 1. The zero-order chi connectivity index (χ0) is 12.3. The van der Waals surface area contributed by atoms with Gasteiger partial charge >= 0.3 is 5.97 Å². The Hall–Kier alpha value is -1.29. The van der Waals surface area contributed by atoms with Crippen LogP contribution < -0.4 is 0 Å². The number of hydrogen-bond acceptors (Lipinski definition) is 3. The maximum absolute atomic E-state index is 11.6. The Bertz CT molecular complexity index is 366.